The van der Waals surface area contributed by atoms with Crippen molar-refractivity contribution in [2.24, 2.45) is 0 Å². The Morgan fingerprint density at radius 3 is 2.58 bits per heavy atom. The molecule has 1 aromatic carbocycles. The molecule has 3 rings (SSSR count). The molecule has 1 atom stereocenters. The zero-order valence-corrected chi connectivity index (χ0v) is 14.2. The van der Waals surface area contributed by atoms with Gasteiger partial charge >= 0.3 is 0 Å². The van der Waals surface area contributed by atoms with Crippen molar-refractivity contribution < 1.29 is 19.1 Å². The number of anilines is 1. The van der Waals surface area contributed by atoms with Gasteiger partial charge in [-0.05, 0) is 12.1 Å². The van der Waals surface area contributed by atoms with Crippen molar-refractivity contribution in [1.82, 2.24) is 10.2 Å². The number of nitrogens with one attached hydrogen (secondary N) is 1. The highest BCUT2D eigenvalue weighted by Crippen LogP contribution is 2.29. The van der Waals surface area contributed by atoms with Crippen LogP contribution in [0, 0.1) is 0 Å². The minimum Gasteiger partial charge on any atom is -0.495 e. The molecule has 0 unspecified atom stereocenters. The number of methoxy groups -OCH3 is 1. The first kappa shape index (κ1) is 16.6. The average Bonchev–Trinajstić information content (AvgIpc) is 2.92. The van der Waals surface area contributed by atoms with Gasteiger partial charge in [0.1, 0.15) is 11.0 Å². The van der Waals surface area contributed by atoms with Gasteiger partial charge in [0.05, 0.1) is 12.8 Å². The summed E-state index contributed by atoms with van der Waals surface area (Å²) in [6, 6.07) is 7.80. The van der Waals surface area contributed by atoms with E-state index in [1.54, 1.807) is 12.0 Å². The number of nitrogens with zero attached hydrogens (tertiary/aromatic N) is 2. The van der Waals surface area contributed by atoms with E-state index in [4.69, 9.17) is 4.74 Å². The molecule has 3 amide bonds. The Balaban J connectivity index is 1.56. The minimum atomic E-state index is -0.600. The molecule has 2 heterocycles. The van der Waals surface area contributed by atoms with Crippen LogP contribution in [0.4, 0.5) is 10.5 Å². The number of piperazine rings is 1. The topological polar surface area (TPSA) is 79.0 Å². The maximum Gasteiger partial charge on any atom is 0.286 e. The normalized spacial score (nSPS) is 21.0. The molecule has 0 radical (unpaired) electrons. The minimum absolute atomic E-state index is 0.0664. The van der Waals surface area contributed by atoms with Crippen LogP contribution in [0.2, 0.25) is 0 Å². The second kappa shape index (κ2) is 7.12. The predicted molar refractivity (Wildman–Crippen MR) is 91.3 cm³/mol. The van der Waals surface area contributed by atoms with Gasteiger partial charge in [0.2, 0.25) is 11.8 Å². The van der Waals surface area contributed by atoms with Crippen molar-refractivity contribution in [3.8, 4) is 5.75 Å². The lowest BCUT2D eigenvalue weighted by Gasteiger charge is -2.36. The van der Waals surface area contributed by atoms with E-state index >= 15 is 0 Å². The van der Waals surface area contributed by atoms with Crippen LogP contribution in [0.15, 0.2) is 24.3 Å². The smallest absolute Gasteiger partial charge is 0.286 e. The molecule has 2 fully saturated rings. The summed E-state index contributed by atoms with van der Waals surface area (Å²) in [5, 5.41) is 1.23. The summed E-state index contributed by atoms with van der Waals surface area (Å²) in [6.07, 6.45) is 0.0664. The number of carbonyl (C=O) groups excluding carboxylic acids is 3. The first-order valence-electron chi connectivity index (χ1n) is 7.75. The number of amides is 3. The maximum atomic E-state index is 12.4. The molecule has 0 saturated carbocycles. The monoisotopic (exact) mass is 349 g/mol. The molecule has 7 nitrogen and oxygen atoms in total. The molecule has 2 saturated heterocycles. The van der Waals surface area contributed by atoms with Gasteiger partial charge in [0.15, 0.2) is 0 Å². The maximum absolute atomic E-state index is 12.4. The number of benzene rings is 1. The Morgan fingerprint density at radius 2 is 1.96 bits per heavy atom. The molecular formula is C16H19N3O4S. The van der Waals surface area contributed by atoms with E-state index in [1.165, 1.54) is 0 Å². The Bertz CT molecular complexity index is 658. The standard InChI is InChI=1S/C16H19N3O4S/c1-23-12-5-3-2-4-11(12)18-6-8-19(9-7-18)14(20)10-13-15(21)17-16(22)24-13/h2-5,13H,6-10H2,1H3,(H,17,21,22)/t13-/m0/s1. The number of imide groups is 1. The van der Waals surface area contributed by atoms with Crippen LogP contribution < -0.4 is 15.0 Å². The molecule has 128 valence electrons. The van der Waals surface area contributed by atoms with Crippen LogP contribution >= 0.6 is 11.8 Å². The van der Waals surface area contributed by atoms with E-state index in [0.717, 1.165) is 23.2 Å². The van der Waals surface area contributed by atoms with Crippen molar-refractivity contribution in [3.05, 3.63) is 24.3 Å². The van der Waals surface area contributed by atoms with Crippen molar-refractivity contribution in [2.45, 2.75) is 11.7 Å². The van der Waals surface area contributed by atoms with Crippen molar-refractivity contribution in [1.29, 1.82) is 0 Å². The average molecular weight is 349 g/mol. The largest absolute Gasteiger partial charge is 0.495 e. The fraction of sp³-hybridized carbons (Fsp3) is 0.438. The van der Waals surface area contributed by atoms with Crippen molar-refractivity contribution >= 4 is 34.5 Å². The lowest BCUT2D eigenvalue weighted by atomic mass is 10.2. The molecule has 8 heteroatoms. The highest BCUT2D eigenvalue weighted by molar-refractivity contribution is 8.15. The van der Waals surface area contributed by atoms with Gasteiger partial charge in [0.25, 0.3) is 5.24 Å². The van der Waals surface area contributed by atoms with Gasteiger partial charge in [-0.1, -0.05) is 23.9 Å². The summed E-state index contributed by atoms with van der Waals surface area (Å²) in [6.45, 7) is 2.58. The van der Waals surface area contributed by atoms with Crippen molar-refractivity contribution in [2.75, 3.05) is 38.2 Å². The number of rotatable bonds is 4. The second-order valence-electron chi connectivity index (χ2n) is 5.63. The van der Waals surface area contributed by atoms with Crippen LogP contribution in [-0.2, 0) is 9.59 Å². The number of carbonyl (C=O) groups is 3. The van der Waals surface area contributed by atoms with E-state index in [-0.39, 0.29) is 23.5 Å². The van der Waals surface area contributed by atoms with E-state index < -0.39 is 5.25 Å². The summed E-state index contributed by atoms with van der Waals surface area (Å²) in [5.74, 6) is 0.359. The number of ether oxygens (including phenoxy) is 1. The summed E-state index contributed by atoms with van der Waals surface area (Å²) in [7, 11) is 1.64. The molecule has 0 spiro atoms. The Kier molecular flexibility index (Phi) is 4.94. The highest BCUT2D eigenvalue weighted by atomic mass is 32.2. The van der Waals surface area contributed by atoms with E-state index in [9.17, 15) is 14.4 Å². The SMILES string of the molecule is COc1ccccc1N1CCN(C(=O)C[C@@H]2SC(=O)NC2=O)CC1. The van der Waals surface area contributed by atoms with Gasteiger partial charge in [-0.3, -0.25) is 19.7 Å². The molecule has 24 heavy (non-hydrogen) atoms. The van der Waals surface area contributed by atoms with Crippen molar-refractivity contribution in [3.63, 3.8) is 0 Å². The Morgan fingerprint density at radius 1 is 1.25 bits per heavy atom. The zero-order valence-electron chi connectivity index (χ0n) is 13.4. The quantitative estimate of drug-likeness (QED) is 0.876. The summed E-state index contributed by atoms with van der Waals surface area (Å²) < 4.78 is 5.38. The molecule has 0 aliphatic carbocycles. The third kappa shape index (κ3) is 3.48. The fourth-order valence-corrected chi connectivity index (χ4v) is 3.71. The molecule has 1 N–H and O–H groups in total. The number of hydrogen-bond acceptors (Lipinski definition) is 6. The molecule has 2 aliphatic heterocycles. The van der Waals surface area contributed by atoms with Crippen LogP contribution in [0.25, 0.3) is 0 Å². The third-order valence-corrected chi connectivity index (χ3v) is 5.17. The molecule has 0 bridgehead atoms. The summed E-state index contributed by atoms with van der Waals surface area (Å²) >= 11 is 0.894. The van der Waals surface area contributed by atoms with Crippen LogP contribution in [0.1, 0.15) is 6.42 Å². The first-order chi connectivity index (χ1) is 11.6. The molecule has 1 aromatic rings. The molecule has 0 aromatic heterocycles. The summed E-state index contributed by atoms with van der Waals surface area (Å²) in [4.78, 5) is 39.0. The third-order valence-electron chi connectivity index (χ3n) is 4.19. The number of thioether (sulfide) groups is 1. The Labute approximate surface area is 144 Å². The van der Waals surface area contributed by atoms with Crippen LogP contribution in [-0.4, -0.2) is 60.5 Å². The van der Waals surface area contributed by atoms with Crippen LogP contribution in [0.3, 0.4) is 0 Å². The van der Waals surface area contributed by atoms with E-state index in [2.05, 4.69) is 10.2 Å². The molecular weight excluding hydrogens is 330 g/mol. The number of hydrogen-bond donors (Lipinski definition) is 1. The van der Waals surface area contributed by atoms with Gasteiger partial charge in [0, 0.05) is 32.6 Å². The molecule has 2 aliphatic rings. The predicted octanol–water partition coefficient (Wildman–Crippen LogP) is 1.09. The van der Waals surface area contributed by atoms with Gasteiger partial charge in [-0.15, -0.1) is 0 Å². The fourth-order valence-electron chi connectivity index (χ4n) is 2.90. The van der Waals surface area contributed by atoms with E-state index in [0.29, 0.717) is 26.2 Å². The number of para-hydroxylation sites is 2. The van der Waals surface area contributed by atoms with Gasteiger partial charge in [-0.2, -0.15) is 0 Å². The Hall–Kier alpha value is -2.22. The van der Waals surface area contributed by atoms with E-state index in [1.807, 2.05) is 24.3 Å². The first-order valence-corrected chi connectivity index (χ1v) is 8.63. The van der Waals surface area contributed by atoms with Gasteiger partial charge in [-0.25, -0.2) is 0 Å². The lowest BCUT2D eigenvalue weighted by molar-refractivity contribution is -0.133. The highest BCUT2D eigenvalue weighted by Gasteiger charge is 2.35. The summed E-state index contributed by atoms with van der Waals surface area (Å²) in [5.41, 5.74) is 1.02. The zero-order chi connectivity index (χ0) is 17.1. The lowest BCUT2D eigenvalue weighted by Crippen LogP contribution is -2.49. The van der Waals surface area contributed by atoms with Gasteiger partial charge < -0.3 is 14.5 Å². The second-order valence-corrected chi connectivity index (χ2v) is 6.80. The van der Waals surface area contributed by atoms with Crippen LogP contribution in [0.5, 0.6) is 5.75 Å².